The van der Waals surface area contributed by atoms with Gasteiger partial charge < -0.3 is 0 Å². The lowest BCUT2D eigenvalue weighted by molar-refractivity contribution is 0.644. The van der Waals surface area contributed by atoms with Gasteiger partial charge in [-0.25, -0.2) is 0 Å². The summed E-state index contributed by atoms with van der Waals surface area (Å²) in [6.07, 6.45) is 9.22. The lowest BCUT2D eigenvalue weighted by Gasteiger charge is -2.15. The van der Waals surface area contributed by atoms with E-state index in [1.165, 1.54) is 54.4 Å². The normalized spacial score (nSPS) is 10.7. The predicted octanol–water partition coefficient (Wildman–Crippen LogP) is 5.40. The Balaban J connectivity index is 2.52. The summed E-state index contributed by atoms with van der Waals surface area (Å²) in [6.45, 7) is 14.4. The summed E-state index contributed by atoms with van der Waals surface area (Å²) in [6, 6.07) is 2.33. The van der Waals surface area contributed by atoms with Crippen molar-refractivity contribution in [3.63, 3.8) is 0 Å². The zero-order valence-electron chi connectivity index (χ0n) is 12.5. The van der Waals surface area contributed by atoms with Crippen LogP contribution in [0.4, 0.5) is 0 Å². The van der Waals surface area contributed by atoms with Crippen molar-refractivity contribution in [1.82, 2.24) is 0 Å². The van der Waals surface area contributed by atoms with E-state index in [4.69, 9.17) is 6.58 Å². The minimum atomic E-state index is 1.06. The second-order valence-electron chi connectivity index (χ2n) is 5.43. The van der Waals surface area contributed by atoms with Crippen LogP contribution < -0.4 is 0 Å². The smallest absolute Gasteiger partial charge is 0.0274 e. The Morgan fingerprint density at radius 1 is 0.889 bits per heavy atom. The van der Waals surface area contributed by atoms with Crippen LogP contribution in [0.15, 0.2) is 12.1 Å². The minimum absolute atomic E-state index is 1.06. The van der Waals surface area contributed by atoms with Crippen LogP contribution in [0.25, 0.3) is 0 Å². The van der Waals surface area contributed by atoms with Crippen LogP contribution in [0.2, 0.25) is 0 Å². The third kappa shape index (κ3) is 4.01. The van der Waals surface area contributed by atoms with Gasteiger partial charge in [0.1, 0.15) is 0 Å². The molecule has 0 amide bonds. The molecule has 0 fully saturated rings. The molecule has 99 valence electrons. The van der Waals surface area contributed by atoms with E-state index in [1.807, 2.05) is 0 Å². The summed E-state index contributed by atoms with van der Waals surface area (Å²) in [5, 5.41) is 0. The number of hydrogen-bond acceptors (Lipinski definition) is 0. The molecule has 1 aromatic carbocycles. The first kappa shape index (κ1) is 15.0. The Morgan fingerprint density at radius 2 is 1.56 bits per heavy atom. The molecule has 0 saturated heterocycles. The van der Waals surface area contributed by atoms with Crippen LogP contribution in [0.1, 0.15) is 59.9 Å². The highest BCUT2D eigenvalue weighted by molar-refractivity contribution is 5.43. The average Bonchev–Trinajstić information content (AvgIpc) is 2.34. The standard InChI is InChI=1S/C18H27/c1-6-7-8-9-10-11-12-18-15(3)13-14(2)16(4)17(18)5/h1,6,13H,7-12H2,2-5H3. The van der Waals surface area contributed by atoms with Gasteiger partial charge in [0.25, 0.3) is 0 Å². The van der Waals surface area contributed by atoms with Crippen LogP contribution in [0.5, 0.6) is 0 Å². The SMILES string of the molecule is [CH]=CCCCCCCc1c(C)cc(C)c(C)c1C. The van der Waals surface area contributed by atoms with E-state index in [1.54, 1.807) is 11.6 Å². The topological polar surface area (TPSA) is 0 Å². The van der Waals surface area contributed by atoms with Crippen molar-refractivity contribution in [2.24, 2.45) is 0 Å². The molecule has 0 bridgehead atoms. The van der Waals surface area contributed by atoms with E-state index < -0.39 is 0 Å². The fourth-order valence-electron chi connectivity index (χ4n) is 2.64. The van der Waals surface area contributed by atoms with Gasteiger partial charge in [0.2, 0.25) is 0 Å². The average molecular weight is 243 g/mol. The first-order valence-electron chi connectivity index (χ1n) is 7.17. The fraction of sp³-hybridized carbons (Fsp3) is 0.556. The van der Waals surface area contributed by atoms with Crippen molar-refractivity contribution in [3.8, 4) is 0 Å². The monoisotopic (exact) mass is 243 g/mol. The molecule has 0 spiro atoms. The van der Waals surface area contributed by atoms with E-state index in [2.05, 4.69) is 33.8 Å². The number of allylic oxidation sites excluding steroid dienone is 1. The quantitative estimate of drug-likeness (QED) is 0.562. The molecule has 0 aliphatic heterocycles. The van der Waals surface area contributed by atoms with Crippen LogP contribution in [-0.4, -0.2) is 0 Å². The Kier molecular flexibility index (Phi) is 6.18. The van der Waals surface area contributed by atoms with Gasteiger partial charge in [0.05, 0.1) is 0 Å². The minimum Gasteiger partial charge on any atom is -0.0845 e. The van der Waals surface area contributed by atoms with Crippen LogP contribution in [0, 0.1) is 34.3 Å². The molecule has 0 aliphatic carbocycles. The van der Waals surface area contributed by atoms with E-state index in [-0.39, 0.29) is 0 Å². The maximum Gasteiger partial charge on any atom is -0.0274 e. The van der Waals surface area contributed by atoms with E-state index >= 15 is 0 Å². The number of hydrogen-bond donors (Lipinski definition) is 0. The molecule has 0 aliphatic rings. The first-order valence-corrected chi connectivity index (χ1v) is 7.17. The van der Waals surface area contributed by atoms with Gasteiger partial charge >= 0.3 is 0 Å². The summed E-state index contributed by atoms with van der Waals surface area (Å²) in [7, 11) is 0. The highest BCUT2D eigenvalue weighted by atomic mass is 14.1. The molecular weight excluding hydrogens is 216 g/mol. The summed E-state index contributed by atoms with van der Waals surface area (Å²) < 4.78 is 0. The van der Waals surface area contributed by atoms with Crippen LogP contribution >= 0.6 is 0 Å². The van der Waals surface area contributed by atoms with Crippen molar-refractivity contribution < 1.29 is 0 Å². The third-order valence-electron chi connectivity index (χ3n) is 4.06. The highest BCUT2D eigenvalue weighted by Gasteiger charge is 2.07. The second-order valence-corrected chi connectivity index (χ2v) is 5.43. The molecule has 1 radical (unpaired) electrons. The van der Waals surface area contributed by atoms with Gasteiger partial charge in [-0.1, -0.05) is 31.6 Å². The third-order valence-corrected chi connectivity index (χ3v) is 4.06. The molecule has 0 atom stereocenters. The van der Waals surface area contributed by atoms with Crippen LogP contribution in [0.3, 0.4) is 0 Å². The number of unbranched alkanes of at least 4 members (excludes halogenated alkanes) is 4. The summed E-state index contributed by atoms with van der Waals surface area (Å²) in [4.78, 5) is 0. The lowest BCUT2D eigenvalue weighted by Crippen LogP contribution is -1.99. The van der Waals surface area contributed by atoms with Gasteiger partial charge in [-0.3, -0.25) is 0 Å². The molecule has 0 heteroatoms. The second kappa shape index (κ2) is 7.41. The molecule has 0 unspecified atom stereocenters. The first-order chi connectivity index (χ1) is 8.57. The van der Waals surface area contributed by atoms with Gasteiger partial charge in [-0.05, 0) is 81.2 Å². The maximum atomic E-state index is 5.38. The van der Waals surface area contributed by atoms with Crippen LogP contribution in [-0.2, 0) is 6.42 Å². The van der Waals surface area contributed by atoms with Crippen molar-refractivity contribution in [3.05, 3.63) is 46.5 Å². The highest BCUT2D eigenvalue weighted by Crippen LogP contribution is 2.23. The Hall–Kier alpha value is -1.04. The largest absolute Gasteiger partial charge is 0.0845 e. The summed E-state index contributed by atoms with van der Waals surface area (Å²) >= 11 is 0. The lowest BCUT2D eigenvalue weighted by atomic mass is 9.91. The zero-order chi connectivity index (χ0) is 13.5. The molecule has 0 saturated carbocycles. The number of rotatable bonds is 7. The Labute approximate surface area is 113 Å². The maximum absolute atomic E-state index is 5.38. The van der Waals surface area contributed by atoms with Crippen molar-refractivity contribution in [2.75, 3.05) is 0 Å². The summed E-state index contributed by atoms with van der Waals surface area (Å²) in [5.74, 6) is 0. The molecular formula is C18H27. The fourth-order valence-corrected chi connectivity index (χ4v) is 2.64. The predicted molar refractivity (Wildman–Crippen MR) is 81.0 cm³/mol. The van der Waals surface area contributed by atoms with E-state index in [9.17, 15) is 0 Å². The van der Waals surface area contributed by atoms with Gasteiger partial charge in [0, 0.05) is 0 Å². The molecule has 0 N–H and O–H groups in total. The van der Waals surface area contributed by atoms with Crippen molar-refractivity contribution >= 4 is 0 Å². The Bertz CT molecular complexity index is 399. The van der Waals surface area contributed by atoms with E-state index in [0.29, 0.717) is 0 Å². The molecule has 0 heterocycles. The molecule has 0 nitrogen and oxygen atoms in total. The molecule has 1 rings (SSSR count). The molecule has 0 aromatic heterocycles. The number of benzene rings is 1. The van der Waals surface area contributed by atoms with Gasteiger partial charge in [-0.15, -0.1) is 0 Å². The zero-order valence-corrected chi connectivity index (χ0v) is 12.5. The van der Waals surface area contributed by atoms with Gasteiger partial charge in [0.15, 0.2) is 0 Å². The van der Waals surface area contributed by atoms with E-state index in [0.717, 1.165) is 6.42 Å². The molecule has 1 aromatic rings. The van der Waals surface area contributed by atoms with Gasteiger partial charge in [-0.2, -0.15) is 0 Å². The summed E-state index contributed by atoms with van der Waals surface area (Å²) in [5.41, 5.74) is 7.43. The van der Waals surface area contributed by atoms with Crippen molar-refractivity contribution in [1.29, 1.82) is 0 Å². The number of aryl methyl sites for hydroxylation is 2. The van der Waals surface area contributed by atoms with Crippen molar-refractivity contribution in [2.45, 2.75) is 66.2 Å². The molecule has 18 heavy (non-hydrogen) atoms. The Morgan fingerprint density at radius 3 is 2.22 bits per heavy atom.